The van der Waals surface area contributed by atoms with Crippen molar-refractivity contribution in [1.82, 2.24) is 5.32 Å². The topological polar surface area (TPSA) is 50.4 Å². The standard InChI is InChI=1S/C16H22N2O2/c1-15(2)14(16(15,3)4)17-8-10-5-6-12-11(7-10)18-13(19)9-20-12/h5-7,14,17H,8-9H2,1-4H3,(H,18,19). The first-order chi connectivity index (χ1) is 9.32. The van der Waals surface area contributed by atoms with Gasteiger partial charge in [0.25, 0.3) is 5.91 Å². The molecule has 0 spiro atoms. The summed E-state index contributed by atoms with van der Waals surface area (Å²) in [5.74, 6) is 0.660. The maximum absolute atomic E-state index is 11.3. The summed E-state index contributed by atoms with van der Waals surface area (Å²) >= 11 is 0. The lowest BCUT2D eigenvalue weighted by Gasteiger charge is -2.18. The summed E-state index contributed by atoms with van der Waals surface area (Å²) in [7, 11) is 0. The Kier molecular flexibility index (Phi) is 2.83. The van der Waals surface area contributed by atoms with Gasteiger partial charge in [-0.25, -0.2) is 0 Å². The second-order valence-electron chi connectivity index (χ2n) is 6.92. The Balaban J connectivity index is 1.68. The summed E-state index contributed by atoms with van der Waals surface area (Å²) in [5, 5.41) is 6.46. The molecule has 0 unspecified atom stereocenters. The number of carbonyl (C=O) groups is 1. The number of hydrogen-bond acceptors (Lipinski definition) is 3. The number of hydrogen-bond donors (Lipinski definition) is 2. The molecule has 20 heavy (non-hydrogen) atoms. The molecule has 1 saturated carbocycles. The number of rotatable bonds is 3. The smallest absolute Gasteiger partial charge is 0.262 e. The fraction of sp³-hybridized carbons (Fsp3) is 0.562. The van der Waals surface area contributed by atoms with Crippen molar-refractivity contribution in [2.45, 2.75) is 40.3 Å². The predicted molar refractivity (Wildman–Crippen MR) is 78.8 cm³/mol. The van der Waals surface area contributed by atoms with Crippen molar-refractivity contribution in [3.8, 4) is 5.75 Å². The normalized spacial score (nSPS) is 22.7. The minimum absolute atomic E-state index is 0.0907. The van der Waals surface area contributed by atoms with E-state index in [1.165, 1.54) is 0 Å². The zero-order valence-corrected chi connectivity index (χ0v) is 12.5. The maximum atomic E-state index is 11.3. The van der Waals surface area contributed by atoms with Crippen molar-refractivity contribution in [3.63, 3.8) is 0 Å². The van der Waals surface area contributed by atoms with Crippen LogP contribution in [0, 0.1) is 10.8 Å². The monoisotopic (exact) mass is 274 g/mol. The van der Waals surface area contributed by atoms with E-state index in [1.54, 1.807) is 0 Å². The van der Waals surface area contributed by atoms with E-state index in [1.807, 2.05) is 18.2 Å². The molecule has 2 N–H and O–H groups in total. The third-order valence-corrected chi connectivity index (χ3v) is 5.21. The van der Waals surface area contributed by atoms with E-state index in [-0.39, 0.29) is 12.5 Å². The van der Waals surface area contributed by atoms with Crippen molar-refractivity contribution in [1.29, 1.82) is 0 Å². The molecule has 2 aliphatic rings. The van der Waals surface area contributed by atoms with Crippen LogP contribution in [0.1, 0.15) is 33.3 Å². The number of anilines is 1. The molecule has 0 bridgehead atoms. The van der Waals surface area contributed by atoms with Gasteiger partial charge in [0.2, 0.25) is 0 Å². The molecular weight excluding hydrogens is 252 g/mol. The van der Waals surface area contributed by atoms with Gasteiger partial charge >= 0.3 is 0 Å². The van der Waals surface area contributed by atoms with Crippen molar-refractivity contribution >= 4 is 11.6 Å². The van der Waals surface area contributed by atoms with Gasteiger partial charge in [0.05, 0.1) is 5.69 Å². The first kappa shape index (κ1) is 13.4. The molecule has 1 aromatic carbocycles. The van der Waals surface area contributed by atoms with Gasteiger partial charge < -0.3 is 15.4 Å². The van der Waals surface area contributed by atoms with Gasteiger partial charge in [-0.1, -0.05) is 33.8 Å². The van der Waals surface area contributed by atoms with Crippen LogP contribution in [0.15, 0.2) is 18.2 Å². The molecular formula is C16H22N2O2. The fourth-order valence-corrected chi connectivity index (χ4v) is 3.17. The Hall–Kier alpha value is -1.55. The van der Waals surface area contributed by atoms with E-state index in [0.29, 0.717) is 16.9 Å². The molecule has 1 aromatic rings. The lowest BCUT2D eigenvalue weighted by Crippen LogP contribution is -2.26. The zero-order chi connectivity index (χ0) is 14.5. The minimum atomic E-state index is -0.0907. The summed E-state index contributed by atoms with van der Waals surface area (Å²) < 4.78 is 5.36. The second-order valence-corrected chi connectivity index (χ2v) is 6.92. The van der Waals surface area contributed by atoms with Gasteiger partial charge in [0.15, 0.2) is 6.61 Å². The largest absolute Gasteiger partial charge is 0.482 e. The summed E-state index contributed by atoms with van der Waals surface area (Å²) in [4.78, 5) is 11.3. The van der Waals surface area contributed by atoms with E-state index < -0.39 is 0 Å². The number of amides is 1. The number of ether oxygens (including phenoxy) is 1. The van der Waals surface area contributed by atoms with E-state index in [9.17, 15) is 4.79 Å². The summed E-state index contributed by atoms with van der Waals surface area (Å²) in [6.45, 7) is 10.1. The fourth-order valence-electron chi connectivity index (χ4n) is 3.17. The number of nitrogens with one attached hydrogen (secondary N) is 2. The molecule has 1 heterocycles. The third kappa shape index (κ3) is 1.99. The highest BCUT2D eigenvalue weighted by molar-refractivity contribution is 5.95. The molecule has 4 nitrogen and oxygen atoms in total. The van der Waals surface area contributed by atoms with Crippen LogP contribution in [0.5, 0.6) is 5.75 Å². The minimum Gasteiger partial charge on any atom is -0.482 e. The molecule has 0 atom stereocenters. The third-order valence-electron chi connectivity index (χ3n) is 5.21. The Labute approximate surface area is 119 Å². The Morgan fingerprint density at radius 1 is 1.30 bits per heavy atom. The predicted octanol–water partition coefficient (Wildman–Crippen LogP) is 2.54. The van der Waals surface area contributed by atoms with Crippen LogP contribution in [0.25, 0.3) is 0 Å². The van der Waals surface area contributed by atoms with Crippen LogP contribution in [-0.4, -0.2) is 18.6 Å². The van der Waals surface area contributed by atoms with Crippen LogP contribution < -0.4 is 15.4 Å². The quantitative estimate of drug-likeness (QED) is 0.890. The van der Waals surface area contributed by atoms with Crippen LogP contribution in [0.4, 0.5) is 5.69 Å². The second kappa shape index (κ2) is 4.22. The molecule has 3 rings (SSSR count). The van der Waals surface area contributed by atoms with E-state index in [0.717, 1.165) is 23.5 Å². The Morgan fingerprint density at radius 2 is 2.00 bits per heavy atom. The highest BCUT2D eigenvalue weighted by Crippen LogP contribution is 2.62. The van der Waals surface area contributed by atoms with Crippen molar-refractivity contribution < 1.29 is 9.53 Å². The maximum Gasteiger partial charge on any atom is 0.262 e. The molecule has 0 saturated heterocycles. The van der Waals surface area contributed by atoms with Gasteiger partial charge in [0, 0.05) is 12.6 Å². The first-order valence-electron chi connectivity index (χ1n) is 7.11. The molecule has 0 radical (unpaired) electrons. The summed E-state index contributed by atoms with van der Waals surface area (Å²) in [6, 6.07) is 6.49. The molecule has 1 aliphatic heterocycles. The molecule has 4 heteroatoms. The van der Waals surface area contributed by atoms with Crippen molar-refractivity contribution in [2.75, 3.05) is 11.9 Å². The van der Waals surface area contributed by atoms with E-state index in [4.69, 9.17) is 4.74 Å². The van der Waals surface area contributed by atoms with Crippen LogP contribution in [-0.2, 0) is 11.3 Å². The average Bonchev–Trinajstić information content (AvgIpc) is 2.76. The van der Waals surface area contributed by atoms with Crippen LogP contribution in [0.2, 0.25) is 0 Å². The highest BCUT2D eigenvalue weighted by atomic mass is 16.5. The summed E-state index contributed by atoms with van der Waals surface area (Å²) in [6.07, 6.45) is 0. The van der Waals surface area contributed by atoms with Gasteiger partial charge in [-0.3, -0.25) is 4.79 Å². The van der Waals surface area contributed by atoms with Crippen molar-refractivity contribution in [2.24, 2.45) is 10.8 Å². The highest BCUT2D eigenvalue weighted by Gasteiger charge is 2.64. The van der Waals surface area contributed by atoms with Gasteiger partial charge in [0.1, 0.15) is 5.75 Å². The molecule has 108 valence electrons. The average molecular weight is 274 g/mol. The van der Waals surface area contributed by atoms with E-state index in [2.05, 4.69) is 38.3 Å². The number of benzene rings is 1. The number of fused-ring (bicyclic) bond motifs is 1. The molecule has 1 fully saturated rings. The lowest BCUT2D eigenvalue weighted by molar-refractivity contribution is -0.118. The SMILES string of the molecule is CC1(C)C(NCc2ccc3c(c2)NC(=O)CO3)C1(C)C. The van der Waals surface area contributed by atoms with Crippen LogP contribution in [0.3, 0.4) is 0 Å². The lowest BCUT2D eigenvalue weighted by atomic mass is 10.0. The van der Waals surface area contributed by atoms with Crippen LogP contribution >= 0.6 is 0 Å². The van der Waals surface area contributed by atoms with Gasteiger partial charge in [-0.15, -0.1) is 0 Å². The molecule has 1 amide bonds. The molecule has 0 aromatic heterocycles. The number of carbonyl (C=O) groups excluding carboxylic acids is 1. The zero-order valence-electron chi connectivity index (χ0n) is 12.5. The van der Waals surface area contributed by atoms with Gasteiger partial charge in [-0.2, -0.15) is 0 Å². The summed E-state index contributed by atoms with van der Waals surface area (Å²) in [5.41, 5.74) is 2.60. The Bertz CT molecular complexity index is 550. The van der Waals surface area contributed by atoms with Gasteiger partial charge in [-0.05, 0) is 28.5 Å². The molecule has 1 aliphatic carbocycles. The van der Waals surface area contributed by atoms with Crippen molar-refractivity contribution in [3.05, 3.63) is 23.8 Å². The Morgan fingerprint density at radius 3 is 2.65 bits per heavy atom. The van der Waals surface area contributed by atoms with E-state index >= 15 is 0 Å². The first-order valence-corrected chi connectivity index (χ1v) is 7.11.